The predicted molar refractivity (Wildman–Crippen MR) is 101 cm³/mol. The molecule has 0 bridgehead atoms. The van der Waals surface area contributed by atoms with Gasteiger partial charge in [0.15, 0.2) is 0 Å². The molecule has 2 saturated heterocycles. The molecule has 4 amide bonds. The molecule has 0 saturated carbocycles. The molecule has 2 aliphatic rings. The maximum absolute atomic E-state index is 12.5. The molecule has 144 valence electrons. The van der Waals surface area contributed by atoms with E-state index in [-0.39, 0.29) is 43.0 Å². The molecule has 0 aliphatic carbocycles. The lowest BCUT2D eigenvalue weighted by Crippen LogP contribution is -2.47. The fraction of sp³-hybridized carbons (Fsp3) is 0.647. The monoisotopic (exact) mass is 408 g/mol. The summed E-state index contributed by atoms with van der Waals surface area (Å²) in [7, 11) is 0. The summed E-state index contributed by atoms with van der Waals surface area (Å²) in [6, 6.07) is 1.41. The Morgan fingerprint density at radius 3 is 2.44 bits per heavy atom. The summed E-state index contributed by atoms with van der Waals surface area (Å²) in [6.45, 7) is 8.70. The van der Waals surface area contributed by atoms with Crippen LogP contribution in [0.4, 0.5) is 0 Å². The van der Waals surface area contributed by atoms with Crippen LogP contribution in [-0.4, -0.2) is 74.6 Å². The Hall–Kier alpha value is -2.04. The first-order valence-corrected chi connectivity index (χ1v) is 10.6. The summed E-state index contributed by atoms with van der Waals surface area (Å²) in [5, 5.41) is 7.58. The molecule has 0 aromatic rings. The van der Waals surface area contributed by atoms with Crippen LogP contribution in [0, 0.1) is 17.9 Å². The van der Waals surface area contributed by atoms with Crippen molar-refractivity contribution >= 4 is 47.2 Å². The molecule has 27 heavy (non-hydrogen) atoms. The third-order valence-electron chi connectivity index (χ3n) is 4.29. The Morgan fingerprint density at radius 1 is 1.15 bits per heavy atom. The van der Waals surface area contributed by atoms with Crippen molar-refractivity contribution in [2.45, 2.75) is 42.7 Å². The SMILES string of the molecule is [C-]#[N+]CCSC1CC(=O)N(C(C)CN2C(=O)CC(SCCC#N)C2=O)C1=O. The highest BCUT2D eigenvalue weighted by Crippen LogP contribution is 2.29. The fourth-order valence-corrected chi connectivity index (χ4v) is 5.05. The van der Waals surface area contributed by atoms with E-state index in [1.807, 2.05) is 6.07 Å². The van der Waals surface area contributed by atoms with Crippen molar-refractivity contribution in [3.05, 3.63) is 11.4 Å². The smallest absolute Gasteiger partial charge is 0.243 e. The second-order valence-electron chi connectivity index (χ2n) is 6.21. The summed E-state index contributed by atoms with van der Waals surface area (Å²) in [6.07, 6.45) is 0.474. The van der Waals surface area contributed by atoms with E-state index in [0.29, 0.717) is 24.5 Å². The van der Waals surface area contributed by atoms with Gasteiger partial charge < -0.3 is 4.85 Å². The first-order chi connectivity index (χ1) is 12.9. The van der Waals surface area contributed by atoms with E-state index >= 15 is 0 Å². The molecule has 3 unspecified atom stereocenters. The molecule has 0 spiro atoms. The second-order valence-corrected chi connectivity index (χ2v) is 8.83. The Labute approximate surface area is 166 Å². The van der Waals surface area contributed by atoms with E-state index in [4.69, 9.17) is 11.8 Å². The van der Waals surface area contributed by atoms with Gasteiger partial charge in [-0.3, -0.25) is 29.0 Å². The minimum Gasteiger partial charge on any atom is -0.316 e. The Morgan fingerprint density at radius 2 is 1.78 bits per heavy atom. The normalized spacial score (nSPS) is 23.7. The second kappa shape index (κ2) is 9.77. The van der Waals surface area contributed by atoms with E-state index in [0.717, 1.165) is 9.80 Å². The van der Waals surface area contributed by atoms with Crippen LogP contribution in [0.1, 0.15) is 26.2 Å². The summed E-state index contributed by atoms with van der Waals surface area (Å²) in [5.74, 6) is -0.301. The minimum absolute atomic E-state index is 0.0100. The number of nitrogens with zero attached hydrogens (tertiary/aromatic N) is 4. The highest BCUT2D eigenvalue weighted by atomic mass is 32.2. The van der Waals surface area contributed by atoms with Crippen LogP contribution in [0.2, 0.25) is 0 Å². The van der Waals surface area contributed by atoms with Crippen LogP contribution >= 0.6 is 23.5 Å². The van der Waals surface area contributed by atoms with Gasteiger partial charge in [-0.15, -0.1) is 23.5 Å². The quantitative estimate of drug-likeness (QED) is 0.318. The lowest BCUT2D eigenvalue weighted by molar-refractivity contribution is -0.146. The molecule has 2 heterocycles. The number of amides is 4. The van der Waals surface area contributed by atoms with Gasteiger partial charge in [-0.05, 0) is 6.92 Å². The molecule has 0 aromatic heterocycles. The Bertz CT molecular complexity index is 715. The molecule has 2 aliphatic heterocycles. The van der Waals surface area contributed by atoms with Gasteiger partial charge in [0, 0.05) is 31.6 Å². The van der Waals surface area contributed by atoms with Crippen molar-refractivity contribution in [1.29, 1.82) is 5.26 Å². The Balaban J connectivity index is 1.95. The standard InChI is InChI=1S/C17H20N4O4S2/c1-11(21-15(23)9-13(17(21)25)27-7-5-19-2)10-20-14(22)8-12(16(20)24)26-6-3-4-18/h11-13H,3,5-10H2,1H3. The number of hydrogen-bond acceptors (Lipinski definition) is 7. The number of imide groups is 2. The zero-order valence-corrected chi connectivity index (χ0v) is 16.6. The minimum atomic E-state index is -0.591. The highest BCUT2D eigenvalue weighted by Gasteiger charge is 2.44. The average molecular weight is 409 g/mol. The van der Waals surface area contributed by atoms with Gasteiger partial charge in [-0.2, -0.15) is 5.26 Å². The number of thioether (sulfide) groups is 2. The van der Waals surface area contributed by atoms with Gasteiger partial charge in [-0.25, -0.2) is 6.57 Å². The maximum Gasteiger partial charge on any atom is 0.243 e. The fourth-order valence-electron chi connectivity index (χ4n) is 3.02. The molecule has 0 aromatic carbocycles. The van der Waals surface area contributed by atoms with Crippen molar-refractivity contribution < 1.29 is 19.2 Å². The summed E-state index contributed by atoms with van der Waals surface area (Å²) in [5.41, 5.74) is 0. The maximum atomic E-state index is 12.5. The molecule has 2 fully saturated rings. The molecular weight excluding hydrogens is 388 g/mol. The topological polar surface area (TPSA) is 103 Å². The number of rotatable bonds is 9. The highest BCUT2D eigenvalue weighted by molar-refractivity contribution is 8.00. The first-order valence-electron chi connectivity index (χ1n) is 8.54. The molecule has 0 radical (unpaired) electrons. The lowest BCUT2D eigenvalue weighted by atomic mass is 10.2. The third-order valence-corrected chi connectivity index (χ3v) is 6.69. The van der Waals surface area contributed by atoms with Gasteiger partial charge in [0.1, 0.15) is 0 Å². The molecular formula is C17H20N4O4S2. The zero-order chi connectivity index (χ0) is 20.0. The molecule has 0 N–H and O–H groups in total. The van der Waals surface area contributed by atoms with Gasteiger partial charge >= 0.3 is 0 Å². The average Bonchev–Trinajstić information content (AvgIpc) is 3.05. The van der Waals surface area contributed by atoms with E-state index in [9.17, 15) is 19.2 Å². The number of carbonyl (C=O) groups excluding carboxylic acids is 4. The van der Waals surface area contributed by atoms with Crippen LogP contribution in [0.25, 0.3) is 4.85 Å². The third kappa shape index (κ3) is 5.02. The molecule has 2 rings (SSSR count). The van der Waals surface area contributed by atoms with Crippen LogP contribution in [0.3, 0.4) is 0 Å². The van der Waals surface area contributed by atoms with Gasteiger partial charge in [-0.1, -0.05) is 0 Å². The summed E-state index contributed by atoms with van der Waals surface area (Å²) >= 11 is 2.58. The molecule has 8 nitrogen and oxygen atoms in total. The molecule has 10 heteroatoms. The number of hydrogen-bond donors (Lipinski definition) is 0. The van der Waals surface area contributed by atoms with Crippen molar-refractivity contribution in [2.75, 3.05) is 24.6 Å². The van der Waals surface area contributed by atoms with Crippen LogP contribution in [0.5, 0.6) is 0 Å². The van der Waals surface area contributed by atoms with Gasteiger partial charge in [0.05, 0.1) is 28.4 Å². The van der Waals surface area contributed by atoms with E-state index in [2.05, 4.69) is 4.85 Å². The number of nitriles is 1. The van der Waals surface area contributed by atoms with E-state index in [1.165, 1.54) is 23.5 Å². The first kappa shape index (κ1) is 21.3. The zero-order valence-electron chi connectivity index (χ0n) is 14.9. The molecule has 3 atom stereocenters. The van der Waals surface area contributed by atoms with Crippen LogP contribution in [-0.2, 0) is 19.2 Å². The van der Waals surface area contributed by atoms with Gasteiger partial charge in [0.2, 0.25) is 30.2 Å². The van der Waals surface area contributed by atoms with Crippen LogP contribution in [0.15, 0.2) is 0 Å². The predicted octanol–water partition coefficient (Wildman–Crippen LogP) is 0.929. The van der Waals surface area contributed by atoms with Crippen molar-refractivity contribution in [1.82, 2.24) is 9.80 Å². The largest absolute Gasteiger partial charge is 0.316 e. The lowest BCUT2D eigenvalue weighted by Gasteiger charge is -2.26. The number of carbonyl (C=O) groups is 4. The summed E-state index contributed by atoms with van der Waals surface area (Å²) < 4.78 is 0. The summed E-state index contributed by atoms with van der Waals surface area (Å²) in [4.78, 5) is 54.9. The Kier molecular flexibility index (Phi) is 7.69. The van der Waals surface area contributed by atoms with Crippen molar-refractivity contribution in [3.63, 3.8) is 0 Å². The van der Waals surface area contributed by atoms with Crippen molar-refractivity contribution in [2.24, 2.45) is 0 Å². The van der Waals surface area contributed by atoms with Gasteiger partial charge in [0.25, 0.3) is 0 Å². The van der Waals surface area contributed by atoms with Crippen LogP contribution < -0.4 is 0 Å². The van der Waals surface area contributed by atoms with E-state index in [1.54, 1.807) is 6.92 Å². The number of likely N-dealkylation sites (tertiary alicyclic amines) is 2. The van der Waals surface area contributed by atoms with E-state index < -0.39 is 16.5 Å². The van der Waals surface area contributed by atoms with Crippen molar-refractivity contribution in [3.8, 4) is 6.07 Å².